The van der Waals surface area contributed by atoms with Crippen LogP contribution in [-0.2, 0) is 19.9 Å². The van der Waals surface area contributed by atoms with E-state index in [-0.39, 0.29) is 28.9 Å². The average molecular weight is 416 g/mol. The van der Waals surface area contributed by atoms with Crippen molar-refractivity contribution in [3.63, 3.8) is 0 Å². The molecule has 4 N–H and O–H groups in total. The number of benzene rings is 1. The van der Waals surface area contributed by atoms with Gasteiger partial charge in [0.25, 0.3) is 0 Å². The van der Waals surface area contributed by atoms with Crippen molar-refractivity contribution in [1.29, 1.82) is 0 Å². The fraction of sp³-hybridized carbons (Fsp3) is 0.444. The van der Waals surface area contributed by atoms with Gasteiger partial charge in [0.15, 0.2) is 0 Å². The Labute approximate surface area is 163 Å². The second-order valence-electron chi connectivity index (χ2n) is 6.32. The molecule has 0 spiro atoms. The molecule has 2 rings (SSSR count). The number of aromatic hydroxyl groups is 2. The van der Waals surface area contributed by atoms with Crippen molar-refractivity contribution in [3.8, 4) is 11.5 Å². The molecule has 9 nitrogen and oxygen atoms in total. The van der Waals surface area contributed by atoms with Crippen LogP contribution in [0.5, 0.6) is 11.5 Å². The summed E-state index contributed by atoms with van der Waals surface area (Å²) in [5.41, 5.74) is 0.460. The maximum Gasteiger partial charge on any atom is 0.394 e. The number of ether oxygens (including phenoxy) is 1. The van der Waals surface area contributed by atoms with E-state index in [4.69, 9.17) is 22.3 Å². The fourth-order valence-corrected chi connectivity index (χ4v) is 2.63. The van der Waals surface area contributed by atoms with Gasteiger partial charge in [-0.05, 0) is 44.2 Å². The number of hydrogen-bond donors (Lipinski definition) is 4. The predicted molar refractivity (Wildman–Crippen MR) is 101 cm³/mol. The number of fused-ring (bicyclic) bond motifs is 1. The summed E-state index contributed by atoms with van der Waals surface area (Å²) in [6.07, 6.45) is 6.90. The standard InChI is InChI=1S/C18H22O5.H2O4S/c1-12-6-5-9-14(19)8-4-2-3-7-13-10-15(20)11-16(21)17(13)18(22)23-12;1-5(2,3)4/h3,7,10-12,20-21H,2,4-6,8-9H2,1H3;(H2,1,2,3,4)/b7-3+;/t12-;/m0./s1. The number of rotatable bonds is 0. The summed E-state index contributed by atoms with van der Waals surface area (Å²) in [7, 11) is -4.67. The van der Waals surface area contributed by atoms with E-state index in [9.17, 15) is 19.8 Å². The lowest BCUT2D eigenvalue weighted by atomic mass is 10.0. The average Bonchev–Trinajstić information content (AvgIpc) is 2.51. The molecule has 0 saturated carbocycles. The molecule has 156 valence electrons. The molecule has 0 radical (unpaired) electrons. The highest BCUT2D eigenvalue weighted by Gasteiger charge is 2.20. The summed E-state index contributed by atoms with van der Waals surface area (Å²) >= 11 is 0. The van der Waals surface area contributed by atoms with Crippen molar-refractivity contribution >= 4 is 28.2 Å². The highest BCUT2D eigenvalue weighted by Crippen LogP contribution is 2.29. The molecule has 0 bridgehead atoms. The van der Waals surface area contributed by atoms with Gasteiger partial charge in [0.2, 0.25) is 0 Å². The Morgan fingerprint density at radius 2 is 1.68 bits per heavy atom. The van der Waals surface area contributed by atoms with Crippen LogP contribution in [0.25, 0.3) is 6.08 Å². The molecule has 10 heteroatoms. The van der Waals surface area contributed by atoms with Gasteiger partial charge < -0.3 is 14.9 Å². The minimum Gasteiger partial charge on any atom is -0.508 e. The molecular weight excluding hydrogens is 392 g/mol. The summed E-state index contributed by atoms with van der Waals surface area (Å²) in [5.74, 6) is -0.824. The number of esters is 1. The van der Waals surface area contributed by atoms with Crippen LogP contribution >= 0.6 is 0 Å². The first kappa shape index (κ1) is 23.6. The Morgan fingerprint density at radius 3 is 2.32 bits per heavy atom. The number of cyclic esters (lactones) is 1. The Bertz CT molecular complexity index is 820. The number of phenolic OH excluding ortho intramolecular Hbond substituents is 2. The molecule has 0 aromatic heterocycles. The third-order valence-corrected chi connectivity index (χ3v) is 3.84. The van der Waals surface area contributed by atoms with Gasteiger partial charge in [-0.2, -0.15) is 8.42 Å². The van der Waals surface area contributed by atoms with Gasteiger partial charge in [-0.1, -0.05) is 12.2 Å². The molecule has 0 saturated heterocycles. The van der Waals surface area contributed by atoms with E-state index >= 15 is 0 Å². The van der Waals surface area contributed by atoms with Crippen molar-refractivity contribution in [3.05, 3.63) is 29.3 Å². The number of hydrogen-bond acceptors (Lipinski definition) is 7. The SMILES string of the molecule is C[C@H]1CCCC(=O)CCC/C=C/c2cc(O)cc(O)c2C(=O)O1.O=S(=O)(O)O. The highest BCUT2D eigenvalue weighted by molar-refractivity contribution is 7.79. The number of Topliss-reactive ketones (excluding diaryl/α,β-unsaturated/α-hetero) is 1. The molecule has 0 amide bonds. The molecule has 1 aromatic carbocycles. The molecule has 1 aliphatic rings. The van der Waals surface area contributed by atoms with Gasteiger partial charge in [0.05, 0.1) is 6.10 Å². The monoisotopic (exact) mass is 416 g/mol. The van der Waals surface area contributed by atoms with Crippen LogP contribution in [0.15, 0.2) is 18.2 Å². The first-order valence-electron chi connectivity index (χ1n) is 8.62. The van der Waals surface area contributed by atoms with E-state index in [0.717, 1.165) is 12.5 Å². The Morgan fingerprint density at radius 1 is 1.07 bits per heavy atom. The molecule has 1 aliphatic heterocycles. The van der Waals surface area contributed by atoms with E-state index in [1.807, 2.05) is 6.08 Å². The molecule has 0 unspecified atom stereocenters. The molecule has 1 atom stereocenters. The predicted octanol–water partition coefficient (Wildman–Crippen LogP) is 2.93. The summed E-state index contributed by atoms with van der Waals surface area (Å²) < 4.78 is 36.9. The lowest BCUT2D eigenvalue weighted by Crippen LogP contribution is -2.16. The van der Waals surface area contributed by atoms with E-state index in [0.29, 0.717) is 37.7 Å². The van der Waals surface area contributed by atoms with Gasteiger partial charge in [0.1, 0.15) is 22.8 Å². The summed E-state index contributed by atoms with van der Waals surface area (Å²) in [4.78, 5) is 24.0. The third-order valence-electron chi connectivity index (χ3n) is 3.84. The van der Waals surface area contributed by atoms with E-state index in [1.54, 1.807) is 13.0 Å². The van der Waals surface area contributed by atoms with Crippen LogP contribution in [0, 0.1) is 0 Å². The van der Waals surface area contributed by atoms with Crippen molar-refractivity contribution in [2.75, 3.05) is 0 Å². The Hall–Kier alpha value is -2.43. The van der Waals surface area contributed by atoms with Gasteiger partial charge in [0, 0.05) is 18.9 Å². The van der Waals surface area contributed by atoms with Crippen LogP contribution in [0.1, 0.15) is 61.4 Å². The lowest BCUT2D eigenvalue weighted by molar-refractivity contribution is -0.119. The summed E-state index contributed by atoms with van der Waals surface area (Å²) in [5, 5.41) is 19.6. The molecule has 0 fully saturated rings. The zero-order valence-electron chi connectivity index (χ0n) is 15.4. The first-order valence-corrected chi connectivity index (χ1v) is 10.0. The lowest BCUT2D eigenvalue weighted by Gasteiger charge is -2.15. The van der Waals surface area contributed by atoms with Crippen LogP contribution < -0.4 is 0 Å². The maximum absolute atomic E-state index is 12.3. The number of carbonyl (C=O) groups is 2. The normalized spacial score (nSPS) is 20.0. The smallest absolute Gasteiger partial charge is 0.394 e. The van der Waals surface area contributed by atoms with Crippen molar-refractivity contribution < 1.29 is 42.1 Å². The fourth-order valence-electron chi connectivity index (χ4n) is 2.63. The van der Waals surface area contributed by atoms with Gasteiger partial charge >= 0.3 is 16.4 Å². The molecule has 0 aliphatic carbocycles. The van der Waals surface area contributed by atoms with Crippen LogP contribution in [0.4, 0.5) is 0 Å². The van der Waals surface area contributed by atoms with Gasteiger partial charge in [-0.3, -0.25) is 13.9 Å². The number of phenols is 2. The molecule has 28 heavy (non-hydrogen) atoms. The molecule has 1 heterocycles. The first-order chi connectivity index (χ1) is 13.0. The zero-order chi connectivity index (χ0) is 21.3. The topological polar surface area (TPSA) is 158 Å². The second-order valence-corrected chi connectivity index (χ2v) is 7.21. The highest BCUT2D eigenvalue weighted by atomic mass is 32.3. The second kappa shape index (κ2) is 10.8. The minimum atomic E-state index is -4.67. The Balaban J connectivity index is 0.000000696. The summed E-state index contributed by atoms with van der Waals surface area (Å²) in [6, 6.07) is 2.54. The van der Waals surface area contributed by atoms with Gasteiger partial charge in [-0.15, -0.1) is 0 Å². The maximum atomic E-state index is 12.3. The summed E-state index contributed by atoms with van der Waals surface area (Å²) in [6.45, 7) is 1.77. The number of allylic oxidation sites excluding steroid dienone is 1. The van der Waals surface area contributed by atoms with Crippen molar-refractivity contribution in [1.82, 2.24) is 0 Å². The zero-order valence-corrected chi connectivity index (χ0v) is 16.2. The minimum absolute atomic E-state index is 0.0547. The number of carbonyl (C=O) groups excluding carboxylic acids is 2. The molecule has 1 aromatic rings. The number of ketones is 1. The van der Waals surface area contributed by atoms with Crippen molar-refractivity contribution in [2.24, 2.45) is 0 Å². The van der Waals surface area contributed by atoms with E-state index in [1.165, 1.54) is 6.07 Å². The van der Waals surface area contributed by atoms with Crippen molar-refractivity contribution in [2.45, 2.75) is 51.6 Å². The van der Waals surface area contributed by atoms with Crippen LogP contribution in [-0.4, -0.2) is 45.6 Å². The van der Waals surface area contributed by atoms with E-state index in [2.05, 4.69) is 0 Å². The largest absolute Gasteiger partial charge is 0.508 e. The van der Waals surface area contributed by atoms with Crippen LogP contribution in [0.3, 0.4) is 0 Å². The Kier molecular flexibility index (Phi) is 9.10. The van der Waals surface area contributed by atoms with Crippen LogP contribution in [0.2, 0.25) is 0 Å². The third kappa shape index (κ3) is 9.49. The molecular formula is C18H24O9S. The quantitative estimate of drug-likeness (QED) is 0.368. The van der Waals surface area contributed by atoms with Gasteiger partial charge in [-0.25, -0.2) is 4.79 Å². The van der Waals surface area contributed by atoms with E-state index < -0.39 is 16.4 Å².